The SMILES string of the molecule is Cc1nc2c(O[C@H]3CCOc4cc(F)cc(F)c43)cc(C(=O)O)cc2[nH]1. The lowest BCUT2D eigenvalue weighted by Gasteiger charge is -2.27. The van der Waals surface area contributed by atoms with Crippen molar-refractivity contribution >= 4 is 17.0 Å². The fourth-order valence-electron chi connectivity index (χ4n) is 3.11. The van der Waals surface area contributed by atoms with E-state index in [-0.39, 0.29) is 29.2 Å². The van der Waals surface area contributed by atoms with Gasteiger partial charge in [-0.3, -0.25) is 0 Å². The lowest BCUT2D eigenvalue weighted by atomic mass is 10.0. The van der Waals surface area contributed by atoms with E-state index >= 15 is 0 Å². The number of aromatic carboxylic acids is 1. The lowest BCUT2D eigenvalue weighted by Crippen LogP contribution is -2.20. The standard InChI is InChI=1S/C18H14F2N2O4/c1-8-21-12-4-9(18(23)24)5-15(17(12)22-8)26-13-2-3-25-14-7-10(19)6-11(20)16(13)14/h4-7,13H,2-3H2,1H3,(H,21,22)(H,23,24)/t13-/m0/s1. The van der Waals surface area contributed by atoms with Crippen molar-refractivity contribution in [3.63, 3.8) is 0 Å². The van der Waals surface area contributed by atoms with Crippen LogP contribution in [0, 0.1) is 18.6 Å². The number of hydrogen-bond acceptors (Lipinski definition) is 4. The van der Waals surface area contributed by atoms with Gasteiger partial charge in [0.15, 0.2) is 0 Å². The first kappa shape index (κ1) is 16.3. The number of hydrogen-bond donors (Lipinski definition) is 2. The Morgan fingerprint density at radius 2 is 2.15 bits per heavy atom. The highest BCUT2D eigenvalue weighted by Gasteiger charge is 2.29. The summed E-state index contributed by atoms with van der Waals surface area (Å²) < 4.78 is 39.0. The van der Waals surface area contributed by atoms with Gasteiger partial charge in [-0.1, -0.05) is 0 Å². The summed E-state index contributed by atoms with van der Waals surface area (Å²) in [5.74, 6) is -1.74. The Morgan fingerprint density at radius 3 is 2.92 bits per heavy atom. The molecule has 0 bridgehead atoms. The van der Waals surface area contributed by atoms with Gasteiger partial charge in [0.2, 0.25) is 0 Å². The second kappa shape index (κ2) is 5.98. The number of ether oxygens (including phenoxy) is 2. The summed E-state index contributed by atoms with van der Waals surface area (Å²) in [6.07, 6.45) is -0.416. The van der Waals surface area contributed by atoms with E-state index < -0.39 is 23.7 Å². The Morgan fingerprint density at radius 1 is 1.35 bits per heavy atom. The summed E-state index contributed by atoms with van der Waals surface area (Å²) in [5.41, 5.74) is 1.08. The number of nitrogens with one attached hydrogen (secondary N) is 1. The molecule has 1 aliphatic heterocycles. The third-order valence-corrected chi connectivity index (χ3v) is 4.20. The van der Waals surface area contributed by atoms with Gasteiger partial charge < -0.3 is 19.6 Å². The van der Waals surface area contributed by atoms with Crippen molar-refractivity contribution in [3.05, 3.63) is 52.9 Å². The molecule has 2 heterocycles. The summed E-state index contributed by atoms with van der Waals surface area (Å²) in [7, 11) is 0. The quantitative estimate of drug-likeness (QED) is 0.743. The van der Waals surface area contributed by atoms with E-state index in [4.69, 9.17) is 9.47 Å². The summed E-state index contributed by atoms with van der Waals surface area (Å²) in [4.78, 5) is 18.7. The van der Waals surface area contributed by atoms with Crippen LogP contribution in [0.4, 0.5) is 8.78 Å². The number of carbonyl (C=O) groups is 1. The monoisotopic (exact) mass is 360 g/mol. The summed E-state index contributed by atoms with van der Waals surface area (Å²) in [6, 6.07) is 4.68. The minimum atomic E-state index is -1.12. The normalized spacial score (nSPS) is 16.2. The fourth-order valence-corrected chi connectivity index (χ4v) is 3.11. The number of aryl methyl sites for hydroxylation is 1. The van der Waals surface area contributed by atoms with Gasteiger partial charge in [-0.05, 0) is 19.1 Å². The van der Waals surface area contributed by atoms with E-state index in [1.54, 1.807) is 6.92 Å². The van der Waals surface area contributed by atoms with E-state index in [9.17, 15) is 18.7 Å². The molecule has 0 fully saturated rings. The Bertz CT molecular complexity index is 1030. The maximum absolute atomic E-state index is 14.3. The van der Waals surface area contributed by atoms with E-state index in [1.165, 1.54) is 12.1 Å². The second-order valence-corrected chi connectivity index (χ2v) is 6.04. The Labute approximate surface area is 146 Å². The van der Waals surface area contributed by atoms with Crippen molar-refractivity contribution in [1.29, 1.82) is 0 Å². The highest BCUT2D eigenvalue weighted by atomic mass is 19.1. The van der Waals surface area contributed by atoms with E-state index in [0.29, 0.717) is 23.3 Å². The van der Waals surface area contributed by atoms with Crippen LogP contribution in [0.3, 0.4) is 0 Å². The molecule has 0 amide bonds. The number of carboxylic acids is 1. The number of fused-ring (bicyclic) bond motifs is 2. The van der Waals surface area contributed by atoms with Crippen LogP contribution in [0.5, 0.6) is 11.5 Å². The summed E-state index contributed by atoms with van der Waals surface area (Å²) >= 11 is 0. The topological polar surface area (TPSA) is 84.4 Å². The van der Waals surface area contributed by atoms with Crippen LogP contribution in [0.1, 0.15) is 34.3 Å². The number of carboxylic acid groups (broad SMARTS) is 1. The fraction of sp³-hybridized carbons (Fsp3) is 0.222. The average molecular weight is 360 g/mol. The molecule has 134 valence electrons. The first-order valence-corrected chi connectivity index (χ1v) is 7.94. The van der Waals surface area contributed by atoms with Crippen LogP contribution < -0.4 is 9.47 Å². The molecule has 0 aliphatic carbocycles. The maximum atomic E-state index is 14.3. The van der Waals surface area contributed by atoms with Crippen LogP contribution in [-0.4, -0.2) is 27.7 Å². The van der Waals surface area contributed by atoms with Crippen molar-refractivity contribution in [3.8, 4) is 11.5 Å². The first-order valence-electron chi connectivity index (χ1n) is 7.94. The number of nitrogens with zero attached hydrogens (tertiary/aromatic N) is 1. The molecule has 6 nitrogen and oxygen atoms in total. The molecule has 1 aliphatic rings. The molecule has 8 heteroatoms. The van der Waals surface area contributed by atoms with Gasteiger partial charge in [0.1, 0.15) is 40.6 Å². The van der Waals surface area contributed by atoms with Gasteiger partial charge in [-0.15, -0.1) is 0 Å². The third kappa shape index (κ3) is 2.73. The lowest BCUT2D eigenvalue weighted by molar-refractivity contribution is 0.0695. The third-order valence-electron chi connectivity index (χ3n) is 4.20. The van der Waals surface area contributed by atoms with Crippen LogP contribution in [0.25, 0.3) is 11.0 Å². The highest BCUT2D eigenvalue weighted by Crippen LogP contribution is 2.39. The number of halogens is 2. The van der Waals surface area contributed by atoms with E-state index in [2.05, 4.69) is 9.97 Å². The van der Waals surface area contributed by atoms with E-state index in [0.717, 1.165) is 12.1 Å². The van der Waals surface area contributed by atoms with Crippen molar-refractivity contribution < 1.29 is 28.2 Å². The summed E-state index contributed by atoms with van der Waals surface area (Å²) in [5, 5.41) is 9.30. The molecule has 0 radical (unpaired) electrons. The van der Waals surface area contributed by atoms with Crippen LogP contribution in [0.15, 0.2) is 24.3 Å². The predicted octanol–water partition coefficient (Wildman–Crippen LogP) is 3.75. The maximum Gasteiger partial charge on any atom is 0.335 e. The van der Waals surface area contributed by atoms with Crippen LogP contribution in [0.2, 0.25) is 0 Å². The zero-order valence-corrected chi connectivity index (χ0v) is 13.7. The van der Waals surface area contributed by atoms with Gasteiger partial charge in [-0.25, -0.2) is 18.6 Å². The van der Waals surface area contributed by atoms with Crippen molar-refractivity contribution in [2.75, 3.05) is 6.61 Å². The van der Waals surface area contributed by atoms with Gasteiger partial charge in [0.25, 0.3) is 0 Å². The first-order chi connectivity index (χ1) is 12.4. The van der Waals surface area contributed by atoms with Crippen molar-refractivity contribution in [2.24, 2.45) is 0 Å². The number of benzene rings is 2. The molecule has 0 saturated heterocycles. The number of aromatic nitrogens is 2. The number of aromatic amines is 1. The van der Waals surface area contributed by atoms with Crippen LogP contribution in [-0.2, 0) is 0 Å². The molecule has 0 saturated carbocycles. The van der Waals surface area contributed by atoms with Crippen molar-refractivity contribution in [1.82, 2.24) is 9.97 Å². The Kier molecular flexibility index (Phi) is 3.75. The van der Waals surface area contributed by atoms with Crippen LogP contribution >= 0.6 is 0 Å². The zero-order valence-electron chi connectivity index (χ0n) is 13.7. The summed E-state index contributed by atoms with van der Waals surface area (Å²) in [6.45, 7) is 1.96. The smallest absolute Gasteiger partial charge is 0.335 e. The highest BCUT2D eigenvalue weighted by molar-refractivity contribution is 5.95. The molecular formula is C18H14F2N2O4. The van der Waals surface area contributed by atoms with Gasteiger partial charge in [0.05, 0.1) is 23.3 Å². The molecule has 3 aromatic rings. The molecule has 4 rings (SSSR count). The number of imidazole rings is 1. The minimum Gasteiger partial charge on any atom is -0.493 e. The Hall–Kier alpha value is -3.16. The van der Waals surface area contributed by atoms with Gasteiger partial charge >= 0.3 is 5.97 Å². The molecule has 1 aromatic heterocycles. The molecule has 0 unspecified atom stereocenters. The molecule has 26 heavy (non-hydrogen) atoms. The largest absolute Gasteiger partial charge is 0.493 e. The molecule has 0 spiro atoms. The second-order valence-electron chi connectivity index (χ2n) is 6.04. The molecule has 2 aromatic carbocycles. The van der Waals surface area contributed by atoms with E-state index in [1.807, 2.05) is 0 Å². The number of rotatable bonds is 3. The zero-order chi connectivity index (χ0) is 18.4. The average Bonchev–Trinajstić information content (AvgIpc) is 2.94. The Balaban J connectivity index is 1.81. The van der Waals surface area contributed by atoms with Crippen molar-refractivity contribution in [2.45, 2.75) is 19.4 Å². The minimum absolute atomic E-state index is 0.0167. The predicted molar refractivity (Wildman–Crippen MR) is 87.6 cm³/mol. The molecular weight excluding hydrogens is 346 g/mol. The number of H-pyrrole nitrogens is 1. The molecule has 1 atom stereocenters. The van der Waals surface area contributed by atoms with Gasteiger partial charge in [-0.2, -0.15) is 0 Å². The van der Waals surface area contributed by atoms with Gasteiger partial charge in [0, 0.05) is 18.6 Å². The molecule has 2 N–H and O–H groups in total.